The van der Waals surface area contributed by atoms with E-state index in [1.165, 1.54) is 22.3 Å². The van der Waals surface area contributed by atoms with Crippen LogP contribution in [0, 0.1) is 18.8 Å². The number of aromatic nitrogens is 1. The zero-order chi connectivity index (χ0) is 34.2. The Hall–Kier alpha value is -4.64. The quantitative estimate of drug-likeness (QED) is 0.0912. The predicted molar refractivity (Wildman–Crippen MR) is 197 cm³/mol. The average molecular weight is 643 g/mol. The summed E-state index contributed by atoms with van der Waals surface area (Å²) in [6.45, 7) is 13.2. The third-order valence-corrected chi connectivity index (χ3v) is 8.90. The van der Waals surface area contributed by atoms with Gasteiger partial charge in [-0.15, -0.1) is 0 Å². The van der Waals surface area contributed by atoms with Crippen molar-refractivity contribution in [1.82, 2.24) is 4.40 Å². The van der Waals surface area contributed by atoms with E-state index in [2.05, 4.69) is 81.5 Å². The monoisotopic (exact) mass is 642 g/mol. The number of carbonyl (C=O) groups excluding carboxylic acids is 2. The van der Waals surface area contributed by atoms with Crippen LogP contribution >= 0.6 is 0 Å². The number of ether oxygens (including phenoxy) is 1. The van der Waals surface area contributed by atoms with E-state index in [1.807, 2.05) is 66.9 Å². The lowest BCUT2D eigenvalue weighted by atomic mass is 9.93. The van der Waals surface area contributed by atoms with Crippen molar-refractivity contribution in [3.05, 3.63) is 142 Å². The molecule has 48 heavy (non-hydrogen) atoms. The summed E-state index contributed by atoms with van der Waals surface area (Å²) in [5.74, 6) is 0.985. The number of esters is 1. The van der Waals surface area contributed by atoms with Crippen molar-refractivity contribution in [3.63, 3.8) is 0 Å². The molecule has 2 heterocycles. The van der Waals surface area contributed by atoms with Gasteiger partial charge < -0.3 is 14.5 Å². The molecule has 0 bridgehead atoms. The first-order valence-electron chi connectivity index (χ1n) is 17.5. The summed E-state index contributed by atoms with van der Waals surface area (Å²) < 4.78 is 7.12. The third-order valence-electron chi connectivity index (χ3n) is 8.90. The molecule has 0 aliphatic carbocycles. The molecule has 5 nitrogen and oxygen atoms in total. The summed E-state index contributed by atoms with van der Waals surface area (Å²) in [6.07, 6.45) is 5.77. The topological polar surface area (TPSA) is 59.8 Å². The highest BCUT2D eigenvalue weighted by molar-refractivity contribution is 6.10. The van der Waals surface area contributed by atoms with Crippen LogP contribution in [0.25, 0.3) is 5.52 Å². The Morgan fingerprint density at radius 1 is 0.792 bits per heavy atom. The van der Waals surface area contributed by atoms with Gasteiger partial charge in [0.1, 0.15) is 0 Å². The van der Waals surface area contributed by atoms with Gasteiger partial charge in [0.15, 0.2) is 0 Å². The Balaban J connectivity index is 1.45. The molecule has 5 aromatic rings. The number of hydrogen-bond acceptors (Lipinski definition) is 4. The molecule has 0 aliphatic heterocycles. The fourth-order valence-corrected chi connectivity index (χ4v) is 6.69. The molecule has 5 heteroatoms. The average Bonchev–Trinajstić information content (AvgIpc) is 3.34. The van der Waals surface area contributed by atoms with Gasteiger partial charge in [0.25, 0.3) is 0 Å². The highest BCUT2D eigenvalue weighted by atomic mass is 16.5. The molecule has 0 fully saturated rings. The molecule has 0 unspecified atom stereocenters. The van der Waals surface area contributed by atoms with Crippen LogP contribution in [0.5, 0.6) is 0 Å². The summed E-state index contributed by atoms with van der Waals surface area (Å²) in [5.41, 5.74) is 10.2. The smallest absolute Gasteiger partial charge is 0.305 e. The van der Waals surface area contributed by atoms with Gasteiger partial charge in [0, 0.05) is 29.4 Å². The van der Waals surface area contributed by atoms with Gasteiger partial charge >= 0.3 is 5.97 Å². The number of anilines is 1. The van der Waals surface area contributed by atoms with E-state index in [1.54, 1.807) is 0 Å². The summed E-state index contributed by atoms with van der Waals surface area (Å²) >= 11 is 0. The highest BCUT2D eigenvalue weighted by Gasteiger charge is 2.23. The van der Waals surface area contributed by atoms with Crippen LogP contribution in [0.1, 0.15) is 103 Å². The molecule has 0 spiro atoms. The lowest BCUT2D eigenvalue weighted by molar-refractivity contribution is -0.143. The van der Waals surface area contributed by atoms with Crippen LogP contribution < -0.4 is 5.32 Å². The van der Waals surface area contributed by atoms with Gasteiger partial charge in [0.05, 0.1) is 18.3 Å². The molecule has 3 aromatic carbocycles. The van der Waals surface area contributed by atoms with Crippen LogP contribution in [-0.4, -0.2) is 22.8 Å². The summed E-state index contributed by atoms with van der Waals surface area (Å²) in [4.78, 5) is 26.3. The Kier molecular flexibility index (Phi) is 11.5. The molecule has 0 radical (unpaired) electrons. The maximum atomic E-state index is 14.3. The van der Waals surface area contributed by atoms with Gasteiger partial charge in [0.2, 0.25) is 5.78 Å². The molecule has 0 amide bonds. The lowest BCUT2D eigenvalue weighted by Crippen LogP contribution is -2.14. The molecular weight excluding hydrogens is 592 g/mol. The van der Waals surface area contributed by atoms with Crippen molar-refractivity contribution in [2.45, 2.75) is 79.7 Å². The van der Waals surface area contributed by atoms with Gasteiger partial charge in [-0.1, -0.05) is 94.4 Å². The predicted octanol–water partition coefficient (Wildman–Crippen LogP) is 9.96. The number of nitrogens with zero attached hydrogens (tertiary/aromatic N) is 1. The Morgan fingerprint density at radius 3 is 2.00 bits per heavy atom. The Bertz CT molecular complexity index is 1780. The fraction of sp³-hybridized carbons (Fsp3) is 0.349. The van der Waals surface area contributed by atoms with Gasteiger partial charge in [-0.05, 0) is 109 Å². The highest BCUT2D eigenvalue weighted by Crippen LogP contribution is 2.31. The number of carbonyl (C=O) groups is 2. The van der Waals surface area contributed by atoms with Crippen LogP contribution in [0.3, 0.4) is 0 Å². The minimum Gasteiger partial charge on any atom is -0.466 e. The first kappa shape index (κ1) is 34.7. The number of aryl methyl sites for hydroxylation is 1. The summed E-state index contributed by atoms with van der Waals surface area (Å²) in [6, 6.07) is 31.6. The van der Waals surface area contributed by atoms with E-state index in [9.17, 15) is 9.59 Å². The number of fused-ring (bicyclic) bond motifs is 1. The second-order valence-electron chi connectivity index (χ2n) is 13.7. The van der Waals surface area contributed by atoms with E-state index < -0.39 is 0 Å². The van der Waals surface area contributed by atoms with Crippen LogP contribution in [-0.2, 0) is 28.8 Å². The zero-order valence-corrected chi connectivity index (χ0v) is 29.4. The Labute approximate surface area is 286 Å². The van der Waals surface area contributed by atoms with Gasteiger partial charge in [-0.25, -0.2) is 0 Å². The SMILES string of the molecule is CCOC(=O)CCCc1c(C)c(C(=O)c2cccc(NC(c3ccc(CC(C)C)cc3)c3ccc(CC(C)C)cc3)c2)n2ccccc12. The second kappa shape index (κ2) is 16.0. The summed E-state index contributed by atoms with van der Waals surface area (Å²) in [5, 5.41) is 3.78. The van der Waals surface area contributed by atoms with E-state index in [0.29, 0.717) is 49.0 Å². The van der Waals surface area contributed by atoms with E-state index >= 15 is 0 Å². The molecule has 2 aromatic heterocycles. The fourth-order valence-electron chi connectivity index (χ4n) is 6.69. The standard InChI is InChI=1S/C43H50N2O3/c1-7-48-40(46)16-11-14-38-31(6)42(45-25-9-8-15-39(38)45)43(47)36-12-10-13-37(28-36)44-41(34-21-17-32(18-22-34)26-29(2)3)35-23-19-33(20-24-35)27-30(4)5/h8-10,12-13,15,17-25,28-30,41,44H,7,11,14,16,26-27H2,1-6H3. The largest absolute Gasteiger partial charge is 0.466 e. The summed E-state index contributed by atoms with van der Waals surface area (Å²) in [7, 11) is 0. The number of ketones is 1. The van der Waals surface area contributed by atoms with Gasteiger partial charge in [-0.3, -0.25) is 9.59 Å². The molecule has 0 aliphatic rings. The van der Waals surface area contributed by atoms with Crippen molar-refractivity contribution >= 4 is 23.0 Å². The van der Waals surface area contributed by atoms with Crippen LogP contribution in [0.4, 0.5) is 5.69 Å². The minimum atomic E-state index is -0.185. The number of hydrogen-bond donors (Lipinski definition) is 1. The van der Waals surface area contributed by atoms with Crippen molar-refractivity contribution in [2.24, 2.45) is 11.8 Å². The molecular formula is C43H50N2O3. The van der Waals surface area contributed by atoms with Gasteiger partial charge in [-0.2, -0.15) is 0 Å². The molecule has 0 atom stereocenters. The minimum absolute atomic E-state index is 0.0263. The van der Waals surface area contributed by atoms with E-state index in [4.69, 9.17) is 4.74 Å². The maximum Gasteiger partial charge on any atom is 0.305 e. The molecule has 250 valence electrons. The number of pyridine rings is 1. The van der Waals surface area contributed by atoms with E-state index in [0.717, 1.165) is 35.2 Å². The van der Waals surface area contributed by atoms with Crippen molar-refractivity contribution in [2.75, 3.05) is 11.9 Å². The number of benzene rings is 3. The number of nitrogens with one attached hydrogen (secondary N) is 1. The third kappa shape index (κ3) is 8.44. The van der Waals surface area contributed by atoms with Crippen LogP contribution in [0.2, 0.25) is 0 Å². The lowest BCUT2D eigenvalue weighted by Gasteiger charge is -2.22. The molecule has 5 rings (SSSR count). The maximum absolute atomic E-state index is 14.3. The number of rotatable bonds is 15. The first-order chi connectivity index (χ1) is 23.1. The zero-order valence-electron chi connectivity index (χ0n) is 29.4. The first-order valence-corrected chi connectivity index (χ1v) is 17.5. The molecule has 0 saturated carbocycles. The molecule has 1 N–H and O–H groups in total. The van der Waals surface area contributed by atoms with Crippen molar-refractivity contribution in [1.29, 1.82) is 0 Å². The van der Waals surface area contributed by atoms with E-state index in [-0.39, 0.29) is 17.8 Å². The Morgan fingerprint density at radius 2 is 1.42 bits per heavy atom. The van der Waals surface area contributed by atoms with Crippen LogP contribution in [0.15, 0.2) is 97.2 Å². The second-order valence-corrected chi connectivity index (χ2v) is 13.7. The van der Waals surface area contributed by atoms with Crippen molar-refractivity contribution < 1.29 is 14.3 Å². The molecule has 0 saturated heterocycles. The normalized spacial score (nSPS) is 11.5. The van der Waals surface area contributed by atoms with Crippen molar-refractivity contribution in [3.8, 4) is 0 Å².